The van der Waals surface area contributed by atoms with Gasteiger partial charge in [0.2, 0.25) is 24.0 Å². The van der Waals surface area contributed by atoms with Crippen LogP contribution in [0.15, 0.2) is 84.9 Å². The molecule has 32 heavy (non-hydrogen) atoms. The molecule has 0 aliphatic carbocycles. The predicted octanol–water partition coefficient (Wildman–Crippen LogP) is 3.46. The normalized spacial score (nSPS) is 11.1. The molecule has 0 radical (unpaired) electrons. The molecule has 0 amide bonds. The van der Waals surface area contributed by atoms with E-state index < -0.39 is 15.6 Å². The van der Waals surface area contributed by atoms with Gasteiger partial charge in [0.05, 0.1) is 0 Å². The number of alkyl halides is 3. The average Bonchev–Trinajstić information content (AvgIpc) is 2.68. The first-order valence-electron chi connectivity index (χ1n) is 9.10. The van der Waals surface area contributed by atoms with E-state index >= 15 is 0 Å². The molecule has 0 heterocycles. The maximum atomic E-state index is 10.7. The fourth-order valence-electron chi connectivity index (χ4n) is 2.21. The number of hydrogen-bond donors (Lipinski definition) is 0. The van der Waals surface area contributed by atoms with E-state index in [9.17, 15) is 13.2 Å². The van der Waals surface area contributed by atoms with E-state index in [4.69, 9.17) is 13.0 Å². The Hall–Kier alpha value is -1.18. The first-order valence-corrected chi connectivity index (χ1v) is 11.6. The molecule has 3 aromatic rings. The topological polar surface area (TPSA) is 57.2 Å². The maximum absolute atomic E-state index is 10.7. The minimum atomic E-state index is -6.09. The summed E-state index contributed by atoms with van der Waals surface area (Å²) in [6.07, 6.45) is 0. The largest absolute Gasteiger partial charge is 0.741 e. The summed E-state index contributed by atoms with van der Waals surface area (Å²) in [6.45, 7) is 6.69. The fraction of sp³-hybridized carbons (Fsp3) is 0.217. The number of halogens is 5. The Labute approximate surface area is 218 Å². The summed E-state index contributed by atoms with van der Waals surface area (Å²) >= 11 is 2.32. The van der Waals surface area contributed by atoms with Gasteiger partial charge in [-0.1, -0.05) is 93.6 Å². The molecule has 0 aliphatic heterocycles. The molecule has 0 spiro atoms. The van der Waals surface area contributed by atoms with E-state index in [0.717, 1.165) is 0 Å². The second kappa shape index (κ2) is 13.5. The van der Waals surface area contributed by atoms with Crippen LogP contribution in [0.5, 0.6) is 0 Å². The molecule has 0 aromatic heterocycles. The molecule has 0 unspecified atom stereocenters. The van der Waals surface area contributed by atoms with Gasteiger partial charge >= 0.3 is 5.51 Å². The lowest BCUT2D eigenvalue weighted by Crippen LogP contribution is -3.00. The van der Waals surface area contributed by atoms with Gasteiger partial charge in [-0.3, -0.25) is 0 Å². The fourth-order valence-corrected chi connectivity index (χ4v) is 2.57. The van der Waals surface area contributed by atoms with Crippen LogP contribution < -0.4 is 24.0 Å². The summed E-state index contributed by atoms with van der Waals surface area (Å²) in [5, 5.41) is 0. The Morgan fingerprint density at radius 2 is 1.03 bits per heavy atom. The first-order chi connectivity index (χ1) is 14.2. The lowest BCUT2D eigenvalue weighted by Gasteiger charge is -2.18. The Balaban J connectivity index is 0.000000454. The first kappa shape index (κ1) is 30.8. The van der Waals surface area contributed by atoms with Gasteiger partial charge < -0.3 is 4.55 Å². The SMILES string of the molecule is CC(C)(C)c1ccc(I)cc1.O=S(=O)([O-])C(F)(F)F.[IH2+].c1ccc(-c2ccccc2)cc1. The molecule has 0 fully saturated rings. The van der Waals surface area contributed by atoms with Crippen LogP contribution in [0.2, 0.25) is 0 Å². The molecule has 0 saturated carbocycles. The van der Waals surface area contributed by atoms with Gasteiger partial charge in [-0.2, -0.15) is 13.2 Å². The lowest BCUT2D eigenvalue weighted by atomic mass is 9.87. The zero-order valence-corrected chi connectivity index (χ0v) is 23.2. The third kappa shape index (κ3) is 11.6. The Morgan fingerprint density at radius 1 is 0.719 bits per heavy atom. The Kier molecular flexibility index (Phi) is 13.0. The van der Waals surface area contributed by atoms with Crippen LogP contribution >= 0.6 is 22.6 Å². The summed E-state index contributed by atoms with van der Waals surface area (Å²) in [5.41, 5.74) is -1.41. The zero-order valence-electron chi connectivity index (χ0n) is 17.7. The van der Waals surface area contributed by atoms with Gasteiger partial charge in [-0.05, 0) is 56.8 Å². The van der Waals surface area contributed by atoms with Crippen molar-refractivity contribution in [1.82, 2.24) is 0 Å². The van der Waals surface area contributed by atoms with Crippen molar-refractivity contribution in [3.8, 4) is 11.1 Å². The molecule has 0 atom stereocenters. The summed E-state index contributed by atoms with van der Waals surface area (Å²) < 4.78 is 60.2. The molecule has 3 nitrogen and oxygen atoms in total. The van der Waals surface area contributed by atoms with Crippen LogP contribution in [0.3, 0.4) is 0 Å². The van der Waals surface area contributed by atoms with Crippen LogP contribution in [0.1, 0.15) is 26.3 Å². The van der Waals surface area contributed by atoms with Gasteiger partial charge in [0.25, 0.3) is 0 Å². The number of hydrogen-bond acceptors (Lipinski definition) is 3. The van der Waals surface area contributed by atoms with Crippen LogP contribution in [-0.2, 0) is 15.5 Å². The van der Waals surface area contributed by atoms with Crippen molar-refractivity contribution in [1.29, 1.82) is 0 Å². The van der Waals surface area contributed by atoms with Crippen molar-refractivity contribution in [2.45, 2.75) is 31.7 Å². The van der Waals surface area contributed by atoms with Gasteiger partial charge in [0, 0.05) is 3.57 Å². The second-order valence-electron chi connectivity index (χ2n) is 7.39. The van der Waals surface area contributed by atoms with E-state index in [0.29, 0.717) is 0 Å². The van der Waals surface area contributed by atoms with Crippen molar-refractivity contribution in [3.05, 3.63) is 94.1 Å². The summed E-state index contributed by atoms with van der Waals surface area (Å²) in [6, 6.07) is 29.5. The third-order valence-corrected chi connectivity index (χ3v) is 5.16. The average molecular weight is 692 g/mol. The molecule has 3 rings (SSSR count). The monoisotopic (exact) mass is 692 g/mol. The number of rotatable bonds is 1. The molecule has 176 valence electrons. The highest BCUT2D eigenvalue weighted by Crippen LogP contribution is 2.22. The highest BCUT2D eigenvalue weighted by atomic mass is 127. The molecule has 0 saturated heterocycles. The van der Waals surface area contributed by atoms with Gasteiger partial charge in [-0.15, -0.1) is 0 Å². The minimum absolute atomic E-state index is 0. The van der Waals surface area contributed by atoms with E-state index in [1.165, 1.54) is 20.3 Å². The highest BCUT2D eigenvalue weighted by Gasteiger charge is 2.36. The lowest BCUT2D eigenvalue weighted by molar-refractivity contribution is -0.0518. The Bertz CT molecular complexity index is 981. The van der Waals surface area contributed by atoms with Crippen LogP contribution in [0.4, 0.5) is 13.2 Å². The van der Waals surface area contributed by atoms with E-state index in [1.807, 2.05) is 12.1 Å². The molecule has 0 aliphatic rings. The van der Waals surface area contributed by atoms with Gasteiger partial charge in [-0.25, -0.2) is 8.42 Å². The molecule has 0 bridgehead atoms. The van der Waals surface area contributed by atoms with Gasteiger partial charge in [0.1, 0.15) is 0 Å². The summed E-state index contributed by atoms with van der Waals surface area (Å²) in [4.78, 5) is 0. The molecule has 3 aromatic carbocycles. The smallest absolute Gasteiger partial charge is 0.485 e. The van der Waals surface area contributed by atoms with E-state index in [1.54, 1.807) is 0 Å². The van der Waals surface area contributed by atoms with Crippen LogP contribution in [0, 0.1) is 3.57 Å². The van der Waals surface area contributed by atoms with Crippen LogP contribution in [0.25, 0.3) is 11.1 Å². The number of benzene rings is 3. The highest BCUT2D eigenvalue weighted by molar-refractivity contribution is 14.1. The third-order valence-electron chi connectivity index (χ3n) is 3.87. The van der Waals surface area contributed by atoms with Crippen molar-refractivity contribution < 1.29 is 50.1 Å². The van der Waals surface area contributed by atoms with E-state index in [2.05, 4.69) is 116 Å². The molecular formula is C23H25F3I2O3S. The predicted molar refractivity (Wildman–Crippen MR) is 128 cm³/mol. The van der Waals surface area contributed by atoms with Crippen molar-refractivity contribution in [2.24, 2.45) is 0 Å². The molecule has 0 N–H and O–H groups in total. The van der Waals surface area contributed by atoms with Crippen molar-refractivity contribution in [2.75, 3.05) is 0 Å². The molecule has 9 heteroatoms. The summed E-state index contributed by atoms with van der Waals surface area (Å²) in [7, 11) is -6.09. The van der Waals surface area contributed by atoms with Gasteiger partial charge in [0.15, 0.2) is 10.1 Å². The van der Waals surface area contributed by atoms with E-state index in [-0.39, 0.29) is 29.4 Å². The van der Waals surface area contributed by atoms with Crippen molar-refractivity contribution in [3.63, 3.8) is 0 Å². The van der Waals surface area contributed by atoms with Crippen molar-refractivity contribution >= 4 is 32.7 Å². The Morgan fingerprint density at radius 3 is 1.28 bits per heavy atom. The van der Waals surface area contributed by atoms with Crippen LogP contribution in [-0.4, -0.2) is 18.5 Å². The minimum Gasteiger partial charge on any atom is -0.741 e. The standard InChI is InChI=1S/C12H10.C10H13I.CHF3O3S.H2I/c1-3-7-11(8-4-1)12-9-5-2-6-10-12;1-10(2,3)8-4-6-9(11)7-5-8;2-1(3,4)8(5,6)7;/h1-10H;4-7H,1-3H3;(H,5,6,7);1H2/q;;;+1/p-1. The quantitative estimate of drug-likeness (QED) is 0.223. The maximum Gasteiger partial charge on any atom is 0.485 e. The summed E-state index contributed by atoms with van der Waals surface area (Å²) in [5.74, 6) is 0. The second-order valence-corrected chi connectivity index (χ2v) is 10.0. The molecular weight excluding hydrogens is 667 g/mol. The zero-order chi connectivity index (χ0) is 23.7.